The molecule has 3 N–H and O–H groups in total. The summed E-state index contributed by atoms with van der Waals surface area (Å²) in [5, 5.41) is 2.94. The van der Waals surface area contributed by atoms with Gasteiger partial charge in [0.25, 0.3) is 0 Å². The van der Waals surface area contributed by atoms with E-state index < -0.39 is 0 Å². The Hall–Kier alpha value is -1.39. The number of hydrogen-bond donors (Lipinski definition) is 2. The van der Waals surface area contributed by atoms with Gasteiger partial charge in [-0.15, -0.1) is 0 Å². The lowest BCUT2D eigenvalue weighted by atomic mass is 10.0. The molecule has 1 amide bonds. The van der Waals surface area contributed by atoms with Crippen molar-refractivity contribution in [1.82, 2.24) is 4.90 Å². The van der Waals surface area contributed by atoms with Crippen molar-refractivity contribution in [3.63, 3.8) is 0 Å². The number of rotatable bonds is 4. The molecule has 2 atom stereocenters. The minimum Gasteiger partial charge on any atom is -0.328 e. The third-order valence-electron chi connectivity index (χ3n) is 3.72. The van der Waals surface area contributed by atoms with E-state index in [-0.39, 0.29) is 11.9 Å². The maximum absolute atomic E-state index is 12.0. The molecule has 4 nitrogen and oxygen atoms in total. The molecule has 2 rings (SSSR count). The summed E-state index contributed by atoms with van der Waals surface area (Å²) in [4.78, 5) is 14.2. The number of amides is 1. The van der Waals surface area contributed by atoms with Crippen molar-refractivity contribution in [2.45, 2.75) is 26.3 Å². The first-order valence-corrected chi connectivity index (χ1v) is 6.89. The summed E-state index contributed by atoms with van der Waals surface area (Å²) < 4.78 is 0. The van der Waals surface area contributed by atoms with Crippen molar-refractivity contribution in [2.24, 2.45) is 11.7 Å². The van der Waals surface area contributed by atoms with Crippen LogP contribution in [0.5, 0.6) is 0 Å². The summed E-state index contributed by atoms with van der Waals surface area (Å²) in [5.74, 6) is 0.572. The lowest BCUT2D eigenvalue weighted by Crippen LogP contribution is -2.34. The largest absolute Gasteiger partial charge is 0.328 e. The van der Waals surface area contributed by atoms with Crippen LogP contribution in [0.3, 0.4) is 0 Å². The van der Waals surface area contributed by atoms with Crippen molar-refractivity contribution >= 4 is 11.6 Å². The molecule has 1 saturated heterocycles. The normalized spacial score (nSPS) is 21.3. The summed E-state index contributed by atoms with van der Waals surface area (Å²) in [5.41, 5.74) is 7.92. The van der Waals surface area contributed by atoms with Gasteiger partial charge in [0.2, 0.25) is 5.91 Å². The topological polar surface area (TPSA) is 58.4 Å². The number of nitrogens with two attached hydrogens (primary N) is 1. The number of aryl methyl sites for hydroxylation is 1. The number of likely N-dealkylation sites (tertiary alicyclic amines) is 1. The van der Waals surface area contributed by atoms with Gasteiger partial charge in [-0.25, -0.2) is 0 Å². The zero-order valence-corrected chi connectivity index (χ0v) is 11.7. The van der Waals surface area contributed by atoms with E-state index in [0.29, 0.717) is 12.5 Å². The molecule has 0 spiro atoms. The fourth-order valence-corrected chi connectivity index (χ4v) is 2.56. The molecule has 1 aromatic rings. The molecule has 0 saturated carbocycles. The number of anilines is 1. The second-order valence-electron chi connectivity index (χ2n) is 5.56. The second-order valence-corrected chi connectivity index (χ2v) is 5.56. The minimum atomic E-state index is 0.0518. The second kappa shape index (κ2) is 6.17. The fraction of sp³-hybridized carbons (Fsp3) is 0.533. The molecular weight excluding hydrogens is 238 g/mol. The van der Waals surface area contributed by atoms with Gasteiger partial charge in [-0.1, -0.05) is 12.1 Å². The van der Waals surface area contributed by atoms with Crippen molar-refractivity contribution in [1.29, 1.82) is 0 Å². The van der Waals surface area contributed by atoms with Crippen LogP contribution in [0.4, 0.5) is 5.69 Å². The molecule has 0 bridgehead atoms. The third kappa shape index (κ3) is 4.04. The van der Waals surface area contributed by atoms with Crippen LogP contribution in [0, 0.1) is 12.8 Å². The molecule has 4 heteroatoms. The van der Waals surface area contributed by atoms with E-state index in [4.69, 9.17) is 5.73 Å². The van der Waals surface area contributed by atoms with Gasteiger partial charge < -0.3 is 11.1 Å². The first-order chi connectivity index (χ1) is 9.04. The molecule has 1 heterocycles. The van der Waals surface area contributed by atoms with Gasteiger partial charge in [0.1, 0.15) is 0 Å². The quantitative estimate of drug-likeness (QED) is 0.865. The maximum atomic E-state index is 12.0. The Bertz CT molecular complexity index is 445. The standard InChI is InChI=1S/C15H23N3O/c1-11-4-3-5-14(8-11)17-15(19)10-18-7-6-13(9-18)12(2)16/h3-5,8,12-13H,6-7,9-10,16H2,1-2H3,(H,17,19). The highest BCUT2D eigenvalue weighted by Gasteiger charge is 2.26. The van der Waals surface area contributed by atoms with Gasteiger partial charge >= 0.3 is 0 Å². The molecule has 104 valence electrons. The van der Waals surface area contributed by atoms with E-state index in [1.807, 2.05) is 38.1 Å². The highest BCUT2D eigenvalue weighted by Crippen LogP contribution is 2.18. The number of nitrogens with zero attached hydrogens (tertiary/aromatic N) is 1. The molecule has 1 fully saturated rings. The van der Waals surface area contributed by atoms with Crippen LogP contribution in [0.1, 0.15) is 18.9 Å². The Kier molecular flexibility index (Phi) is 4.56. The third-order valence-corrected chi connectivity index (χ3v) is 3.72. The van der Waals surface area contributed by atoms with Crippen LogP contribution in [0.15, 0.2) is 24.3 Å². The summed E-state index contributed by atoms with van der Waals surface area (Å²) in [7, 11) is 0. The molecular formula is C15H23N3O. The number of nitrogens with one attached hydrogen (secondary N) is 1. The number of carbonyl (C=O) groups excluding carboxylic acids is 1. The SMILES string of the molecule is Cc1cccc(NC(=O)CN2CCC(C(C)N)C2)c1. The first-order valence-electron chi connectivity index (χ1n) is 6.89. The minimum absolute atomic E-state index is 0.0518. The molecule has 1 aliphatic heterocycles. The molecule has 2 unspecified atom stereocenters. The zero-order chi connectivity index (χ0) is 13.8. The molecule has 0 aromatic heterocycles. The Morgan fingerprint density at radius 1 is 1.58 bits per heavy atom. The van der Waals surface area contributed by atoms with Gasteiger partial charge in [0.15, 0.2) is 0 Å². The van der Waals surface area contributed by atoms with E-state index in [1.54, 1.807) is 0 Å². The highest BCUT2D eigenvalue weighted by atomic mass is 16.2. The Balaban J connectivity index is 1.82. The van der Waals surface area contributed by atoms with Gasteiger partial charge in [-0.3, -0.25) is 9.69 Å². The van der Waals surface area contributed by atoms with Crippen molar-refractivity contribution in [3.8, 4) is 0 Å². The van der Waals surface area contributed by atoms with E-state index in [2.05, 4.69) is 10.2 Å². The Labute approximate surface area is 115 Å². The van der Waals surface area contributed by atoms with Gasteiger partial charge in [-0.05, 0) is 50.4 Å². The fourth-order valence-electron chi connectivity index (χ4n) is 2.56. The summed E-state index contributed by atoms with van der Waals surface area (Å²) in [6, 6.07) is 8.08. The number of hydrogen-bond acceptors (Lipinski definition) is 3. The van der Waals surface area contributed by atoms with Gasteiger partial charge in [-0.2, -0.15) is 0 Å². The Morgan fingerprint density at radius 3 is 3.00 bits per heavy atom. The smallest absolute Gasteiger partial charge is 0.238 e. The van der Waals surface area contributed by atoms with Crippen molar-refractivity contribution in [3.05, 3.63) is 29.8 Å². The van der Waals surface area contributed by atoms with Crippen LogP contribution >= 0.6 is 0 Å². The summed E-state index contributed by atoms with van der Waals surface area (Å²) in [6.07, 6.45) is 1.09. The average molecular weight is 261 g/mol. The lowest BCUT2D eigenvalue weighted by Gasteiger charge is -2.17. The lowest BCUT2D eigenvalue weighted by molar-refractivity contribution is -0.117. The zero-order valence-electron chi connectivity index (χ0n) is 11.7. The molecule has 0 radical (unpaired) electrons. The van der Waals surface area contributed by atoms with Crippen LogP contribution < -0.4 is 11.1 Å². The Morgan fingerprint density at radius 2 is 2.37 bits per heavy atom. The van der Waals surface area contributed by atoms with Gasteiger partial charge in [0, 0.05) is 18.3 Å². The van der Waals surface area contributed by atoms with Crippen LogP contribution in [-0.2, 0) is 4.79 Å². The van der Waals surface area contributed by atoms with Crippen LogP contribution in [-0.4, -0.2) is 36.5 Å². The maximum Gasteiger partial charge on any atom is 0.238 e. The van der Waals surface area contributed by atoms with Gasteiger partial charge in [0.05, 0.1) is 6.54 Å². The molecule has 0 aliphatic carbocycles. The molecule has 1 aromatic carbocycles. The first kappa shape index (κ1) is 14.0. The number of benzene rings is 1. The summed E-state index contributed by atoms with van der Waals surface area (Å²) >= 11 is 0. The van der Waals surface area contributed by atoms with E-state index >= 15 is 0 Å². The molecule has 1 aliphatic rings. The van der Waals surface area contributed by atoms with Crippen LogP contribution in [0.2, 0.25) is 0 Å². The van der Waals surface area contributed by atoms with Crippen molar-refractivity contribution in [2.75, 3.05) is 25.0 Å². The number of carbonyl (C=O) groups is 1. The van der Waals surface area contributed by atoms with E-state index in [0.717, 1.165) is 30.8 Å². The average Bonchev–Trinajstić information content (AvgIpc) is 2.77. The van der Waals surface area contributed by atoms with E-state index in [9.17, 15) is 4.79 Å². The summed E-state index contributed by atoms with van der Waals surface area (Å²) in [6.45, 7) is 6.41. The predicted molar refractivity (Wildman–Crippen MR) is 78.0 cm³/mol. The highest BCUT2D eigenvalue weighted by molar-refractivity contribution is 5.92. The van der Waals surface area contributed by atoms with Crippen molar-refractivity contribution < 1.29 is 4.79 Å². The predicted octanol–water partition coefficient (Wildman–Crippen LogP) is 1.60. The monoisotopic (exact) mass is 261 g/mol. The van der Waals surface area contributed by atoms with Crippen LogP contribution in [0.25, 0.3) is 0 Å². The van der Waals surface area contributed by atoms with E-state index in [1.165, 1.54) is 0 Å². The molecule has 19 heavy (non-hydrogen) atoms.